The van der Waals surface area contributed by atoms with Gasteiger partial charge in [0.25, 0.3) is 5.91 Å². The van der Waals surface area contributed by atoms with E-state index in [4.69, 9.17) is 5.73 Å². The van der Waals surface area contributed by atoms with Gasteiger partial charge in [0.15, 0.2) is 0 Å². The van der Waals surface area contributed by atoms with E-state index < -0.39 is 5.91 Å². The van der Waals surface area contributed by atoms with E-state index in [1.54, 1.807) is 42.5 Å². The van der Waals surface area contributed by atoms with Crippen molar-refractivity contribution in [3.63, 3.8) is 0 Å². The molecule has 1 aliphatic carbocycles. The highest BCUT2D eigenvalue weighted by atomic mass is 16.5. The van der Waals surface area contributed by atoms with Crippen molar-refractivity contribution in [1.82, 2.24) is 5.06 Å². The Morgan fingerprint density at radius 3 is 2.23 bits per heavy atom. The molecule has 0 aliphatic heterocycles. The summed E-state index contributed by atoms with van der Waals surface area (Å²) in [7, 11) is 0. The van der Waals surface area contributed by atoms with Gasteiger partial charge in [-0.3, -0.25) is 14.8 Å². The molecule has 0 bridgehead atoms. The molecule has 5 nitrogen and oxygen atoms in total. The monoisotopic (exact) mass is 352 g/mol. The summed E-state index contributed by atoms with van der Waals surface area (Å²) in [6.45, 7) is 2.20. The normalized spacial score (nSPS) is 19.8. The summed E-state index contributed by atoms with van der Waals surface area (Å²) in [5.41, 5.74) is 7.87. The van der Waals surface area contributed by atoms with E-state index in [9.17, 15) is 14.8 Å². The molecular weight excluding hydrogens is 328 g/mol. The van der Waals surface area contributed by atoms with Crippen LogP contribution < -0.4 is 5.73 Å². The number of benzene rings is 2. The smallest absolute Gasteiger partial charge is 0.277 e. The van der Waals surface area contributed by atoms with Crippen molar-refractivity contribution < 1.29 is 14.8 Å². The molecule has 0 atom stereocenters. The summed E-state index contributed by atoms with van der Waals surface area (Å²) in [6, 6.07) is 13.9. The maximum absolute atomic E-state index is 12.7. The lowest BCUT2D eigenvalue weighted by atomic mass is 9.87. The molecule has 2 aromatic rings. The minimum Gasteiger partial charge on any atom is -0.366 e. The third-order valence-electron chi connectivity index (χ3n) is 5.15. The quantitative estimate of drug-likeness (QED) is 0.647. The number of primary amides is 1. The first kappa shape index (κ1) is 18.1. The van der Waals surface area contributed by atoms with Gasteiger partial charge >= 0.3 is 0 Å². The summed E-state index contributed by atoms with van der Waals surface area (Å²) in [5, 5.41) is 11.3. The Labute approximate surface area is 153 Å². The van der Waals surface area contributed by atoms with Crippen LogP contribution >= 0.6 is 0 Å². The highest BCUT2D eigenvalue weighted by Crippen LogP contribution is 2.28. The van der Waals surface area contributed by atoms with E-state index in [0.717, 1.165) is 41.9 Å². The Morgan fingerprint density at radius 1 is 0.962 bits per heavy atom. The lowest BCUT2D eigenvalue weighted by Gasteiger charge is -2.31. The molecule has 5 heteroatoms. The lowest BCUT2D eigenvalue weighted by molar-refractivity contribution is -0.0987. The van der Waals surface area contributed by atoms with Crippen LogP contribution in [0, 0.1) is 5.92 Å². The molecule has 1 fully saturated rings. The molecule has 1 saturated carbocycles. The average molecular weight is 352 g/mol. The molecule has 0 heterocycles. The largest absolute Gasteiger partial charge is 0.366 e. The Morgan fingerprint density at radius 2 is 1.62 bits per heavy atom. The highest BCUT2D eigenvalue weighted by Gasteiger charge is 2.27. The molecule has 0 saturated heterocycles. The Kier molecular flexibility index (Phi) is 5.38. The van der Waals surface area contributed by atoms with Gasteiger partial charge in [0.1, 0.15) is 0 Å². The summed E-state index contributed by atoms with van der Waals surface area (Å²) in [6.07, 6.45) is 3.72. The van der Waals surface area contributed by atoms with Gasteiger partial charge in [0.05, 0.1) is 6.04 Å². The maximum Gasteiger partial charge on any atom is 0.277 e. The van der Waals surface area contributed by atoms with Gasteiger partial charge in [0, 0.05) is 11.1 Å². The first-order valence-electron chi connectivity index (χ1n) is 8.98. The first-order valence-corrected chi connectivity index (χ1v) is 8.98. The van der Waals surface area contributed by atoms with Gasteiger partial charge in [-0.05, 0) is 67.0 Å². The first-order chi connectivity index (χ1) is 12.5. The zero-order chi connectivity index (χ0) is 18.7. The number of hydroxylamine groups is 2. The number of amides is 2. The predicted molar refractivity (Wildman–Crippen MR) is 99.8 cm³/mol. The van der Waals surface area contributed by atoms with E-state index in [0.29, 0.717) is 17.0 Å². The van der Waals surface area contributed by atoms with Gasteiger partial charge in [-0.1, -0.05) is 31.2 Å². The van der Waals surface area contributed by atoms with Crippen LogP contribution in [0.15, 0.2) is 48.5 Å². The number of hydrogen-bond acceptors (Lipinski definition) is 3. The average Bonchev–Trinajstić information content (AvgIpc) is 2.67. The summed E-state index contributed by atoms with van der Waals surface area (Å²) < 4.78 is 0. The molecule has 3 N–H and O–H groups in total. The number of nitrogens with zero attached hydrogens (tertiary/aromatic N) is 1. The standard InChI is InChI=1S/C21H24N2O3/c1-14-5-11-19(12-6-14)23(26)21(25)18-4-2-3-17(13-18)15-7-9-16(10-8-15)20(22)24/h2-4,7-10,13-14,19,26H,5-6,11-12H2,1H3,(H2,22,24). The molecule has 2 aromatic carbocycles. The summed E-state index contributed by atoms with van der Waals surface area (Å²) in [5.74, 6) is -0.195. The van der Waals surface area contributed by atoms with Gasteiger partial charge in [0.2, 0.25) is 5.91 Å². The third-order valence-corrected chi connectivity index (χ3v) is 5.15. The number of carbonyl (C=O) groups excluding carboxylic acids is 2. The fourth-order valence-corrected chi connectivity index (χ4v) is 3.44. The molecule has 3 rings (SSSR count). The second kappa shape index (κ2) is 7.70. The van der Waals surface area contributed by atoms with Gasteiger partial charge in [-0.25, -0.2) is 5.06 Å². The SMILES string of the molecule is CC1CCC(N(O)C(=O)c2cccc(-c3ccc(C(N)=O)cc3)c2)CC1. The van der Waals surface area contributed by atoms with Crippen LogP contribution in [-0.2, 0) is 0 Å². The predicted octanol–water partition coefficient (Wildman–Crippen LogP) is 3.86. The van der Waals surface area contributed by atoms with Crippen molar-refractivity contribution in [3.05, 3.63) is 59.7 Å². The van der Waals surface area contributed by atoms with Gasteiger partial charge < -0.3 is 5.73 Å². The van der Waals surface area contributed by atoms with Crippen LogP contribution in [0.2, 0.25) is 0 Å². The number of carbonyl (C=O) groups is 2. The van der Waals surface area contributed by atoms with Crippen LogP contribution in [0.4, 0.5) is 0 Å². The molecule has 0 radical (unpaired) electrons. The van der Waals surface area contributed by atoms with Crippen molar-refractivity contribution >= 4 is 11.8 Å². The number of nitrogens with two attached hydrogens (primary N) is 1. The lowest BCUT2D eigenvalue weighted by Crippen LogP contribution is -2.39. The molecule has 0 aromatic heterocycles. The van der Waals surface area contributed by atoms with Crippen molar-refractivity contribution in [2.24, 2.45) is 11.7 Å². The fraction of sp³-hybridized carbons (Fsp3) is 0.333. The fourth-order valence-electron chi connectivity index (χ4n) is 3.44. The Bertz CT molecular complexity index is 793. The molecule has 136 valence electrons. The summed E-state index contributed by atoms with van der Waals surface area (Å²) in [4.78, 5) is 23.8. The minimum absolute atomic E-state index is 0.114. The van der Waals surface area contributed by atoms with E-state index in [1.807, 2.05) is 6.07 Å². The van der Waals surface area contributed by atoms with E-state index in [-0.39, 0.29) is 11.9 Å². The number of hydrogen-bond donors (Lipinski definition) is 2. The molecular formula is C21H24N2O3. The van der Waals surface area contributed by atoms with E-state index in [2.05, 4.69) is 6.92 Å². The molecule has 0 spiro atoms. The van der Waals surface area contributed by atoms with Crippen LogP contribution in [0.3, 0.4) is 0 Å². The van der Waals surface area contributed by atoms with Crippen molar-refractivity contribution in [2.75, 3.05) is 0 Å². The Balaban J connectivity index is 1.78. The third kappa shape index (κ3) is 3.94. The van der Waals surface area contributed by atoms with Crippen LogP contribution in [0.1, 0.15) is 53.3 Å². The maximum atomic E-state index is 12.7. The van der Waals surface area contributed by atoms with Crippen molar-refractivity contribution in [2.45, 2.75) is 38.6 Å². The van der Waals surface area contributed by atoms with Crippen molar-refractivity contribution in [3.8, 4) is 11.1 Å². The van der Waals surface area contributed by atoms with E-state index in [1.165, 1.54) is 0 Å². The van der Waals surface area contributed by atoms with Crippen LogP contribution in [0.5, 0.6) is 0 Å². The van der Waals surface area contributed by atoms with Gasteiger partial charge in [-0.2, -0.15) is 0 Å². The van der Waals surface area contributed by atoms with Crippen LogP contribution in [0.25, 0.3) is 11.1 Å². The van der Waals surface area contributed by atoms with Crippen LogP contribution in [-0.4, -0.2) is 28.1 Å². The molecule has 1 aliphatic rings. The topological polar surface area (TPSA) is 83.6 Å². The van der Waals surface area contributed by atoms with E-state index >= 15 is 0 Å². The second-order valence-corrected chi connectivity index (χ2v) is 7.09. The zero-order valence-corrected chi connectivity index (χ0v) is 14.9. The molecule has 2 amide bonds. The zero-order valence-electron chi connectivity index (χ0n) is 14.9. The van der Waals surface area contributed by atoms with Gasteiger partial charge in [-0.15, -0.1) is 0 Å². The highest BCUT2D eigenvalue weighted by molar-refractivity contribution is 5.95. The summed E-state index contributed by atoms with van der Waals surface area (Å²) >= 11 is 0. The minimum atomic E-state index is -0.474. The second-order valence-electron chi connectivity index (χ2n) is 7.09. The number of rotatable bonds is 4. The Hall–Kier alpha value is -2.66. The van der Waals surface area contributed by atoms with Crippen molar-refractivity contribution in [1.29, 1.82) is 0 Å². The molecule has 26 heavy (non-hydrogen) atoms. The molecule has 0 unspecified atom stereocenters.